The molecule has 1 spiro atoms. The summed E-state index contributed by atoms with van der Waals surface area (Å²) in [5.74, 6) is 1.52. The molecule has 1 amide bonds. The van der Waals surface area contributed by atoms with Crippen LogP contribution in [0.4, 0.5) is 11.8 Å². The second kappa shape index (κ2) is 6.37. The average molecular weight is 381 g/mol. The number of ether oxygens (including phenoxy) is 1. The van der Waals surface area contributed by atoms with Crippen molar-refractivity contribution in [1.29, 1.82) is 0 Å². The van der Waals surface area contributed by atoms with Crippen LogP contribution in [0, 0.1) is 18.8 Å². The molecule has 146 valence electrons. The third-order valence-corrected chi connectivity index (χ3v) is 6.24. The molecule has 28 heavy (non-hydrogen) atoms. The zero-order chi connectivity index (χ0) is 19.3. The van der Waals surface area contributed by atoms with Crippen molar-refractivity contribution in [3.8, 4) is 0 Å². The van der Waals surface area contributed by atoms with Crippen molar-refractivity contribution >= 4 is 17.7 Å². The first-order chi connectivity index (χ1) is 13.5. The lowest BCUT2D eigenvalue weighted by molar-refractivity contribution is 0.0141. The van der Waals surface area contributed by atoms with Gasteiger partial charge in [0.1, 0.15) is 11.5 Å². The number of aromatic nitrogens is 4. The first-order valence-corrected chi connectivity index (χ1v) is 9.62. The monoisotopic (exact) mass is 381 g/mol. The minimum Gasteiger partial charge on any atom is -0.384 e. The number of nitrogens with zero attached hydrogens (tertiary/aromatic N) is 5. The third-order valence-electron chi connectivity index (χ3n) is 6.24. The Bertz CT molecular complexity index is 905. The van der Waals surface area contributed by atoms with Crippen molar-refractivity contribution in [3.05, 3.63) is 36.0 Å². The molecular weight excluding hydrogens is 358 g/mol. The number of nitrogens with two attached hydrogens (primary N) is 1. The maximum absolute atomic E-state index is 12.4. The highest BCUT2D eigenvalue weighted by Crippen LogP contribution is 2.54. The number of hydrogen-bond donors (Lipinski definition) is 2. The van der Waals surface area contributed by atoms with E-state index >= 15 is 0 Å². The summed E-state index contributed by atoms with van der Waals surface area (Å²) in [7, 11) is 0. The molecule has 2 aromatic rings. The number of nitrogen functional groups attached to an aromatic ring is 1. The van der Waals surface area contributed by atoms with Gasteiger partial charge in [0.15, 0.2) is 0 Å². The van der Waals surface area contributed by atoms with Crippen LogP contribution in [0.25, 0.3) is 0 Å². The second-order valence-corrected chi connectivity index (χ2v) is 7.95. The summed E-state index contributed by atoms with van der Waals surface area (Å²) in [5, 5.41) is 3.03. The van der Waals surface area contributed by atoms with E-state index in [-0.39, 0.29) is 23.5 Å². The molecule has 3 aliphatic rings. The molecule has 0 radical (unpaired) electrons. The van der Waals surface area contributed by atoms with Gasteiger partial charge in [-0.2, -0.15) is 4.98 Å². The molecule has 2 aromatic heterocycles. The number of amides is 1. The van der Waals surface area contributed by atoms with Gasteiger partial charge in [-0.15, -0.1) is 0 Å². The van der Waals surface area contributed by atoms with Gasteiger partial charge in [-0.05, 0) is 25.8 Å². The molecule has 9 heteroatoms. The van der Waals surface area contributed by atoms with E-state index < -0.39 is 0 Å². The molecule has 0 unspecified atom stereocenters. The Morgan fingerprint density at radius 3 is 3.07 bits per heavy atom. The number of rotatable bonds is 4. The predicted octanol–water partition coefficient (Wildman–Crippen LogP) is 0.571. The van der Waals surface area contributed by atoms with E-state index in [1.54, 1.807) is 18.5 Å². The summed E-state index contributed by atoms with van der Waals surface area (Å²) in [4.78, 5) is 31.6. The molecule has 3 N–H and O–H groups in total. The number of aryl methyl sites for hydroxylation is 1. The van der Waals surface area contributed by atoms with Crippen molar-refractivity contribution in [3.63, 3.8) is 0 Å². The van der Waals surface area contributed by atoms with Gasteiger partial charge in [-0.3, -0.25) is 9.78 Å². The number of nitrogens with one attached hydrogen (secondary N) is 1. The lowest BCUT2D eigenvalue weighted by Crippen LogP contribution is -2.42. The standard InChI is InChI=1S/C19H23N7O2/c1-11-6-23-14(8-22-11)17(27)24-7-12-13-9-26(18-21-5-3-16(20)25-18)10-19(13)4-2-15(12)28-19/h3,5-6,8,12-13,15H,2,4,7,9-10H2,1H3,(H,24,27)(H2,20,21,25)/t12-,13+,15+,19+/m0/s1. The van der Waals surface area contributed by atoms with Crippen molar-refractivity contribution in [1.82, 2.24) is 25.3 Å². The van der Waals surface area contributed by atoms with Crippen LogP contribution in [0.5, 0.6) is 0 Å². The second-order valence-electron chi connectivity index (χ2n) is 7.95. The number of carbonyl (C=O) groups excluding carboxylic acids is 1. The molecular formula is C19H23N7O2. The van der Waals surface area contributed by atoms with Crippen molar-refractivity contribution in [2.45, 2.75) is 31.5 Å². The summed E-state index contributed by atoms with van der Waals surface area (Å²) in [6.07, 6.45) is 7.05. The Kier molecular flexibility index (Phi) is 3.94. The van der Waals surface area contributed by atoms with Gasteiger partial charge in [0.05, 0.1) is 30.1 Å². The summed E-state index contributed by atoms with van der Waals surface area (Å²) in [6, 6.07) is 1.69. The normalized spacial score (nSPS) is 30.5. The number of hydrogen-bond acceptors (Lipinski definition) is 8. The fraction of sp³-hybridized carbons (Fsp3) is 0.526. The fourth-order valence-corrected chi connectivity index (χ4v) is 4.94. The summed E-state index contributed by atoms with van der Waals surface area (Å²) in [6.45, 7) is 3.99. The highest BCUT2D eigenvalue weighted by atomic mass is 16.5. The van der Waals surface area contributed by atoms with Crippen molar-refractivity contribution in [2.24, 2.45) is 11.8 Å². The lowest BCUT2D eigenvalue weighted by Gasteiger charge is -2.29. The molecule has 9 nitrogen and oxygen atoms in total. The van der Waals surface area contributed by atoms with E-state index in [4.69, 9.17) is 10.5 Å². The van der Waals surface area contributed by atoms with Gasteiger partial charge in [0.2, 0.25) is 5.95 Å². The summed E-state index contributed by atoms with van der Waals surface area (Å²) < 4.78 is 6.42. The van der Waals surface area contributed by atoms with E-state index in [1.165, 1.54) is 6.20 Å². The van der Waals surface area contributed by atoms with Crippen LogP contribution in [0.15, 0.2) is 24.7 Å². The maximum atomic E-state index is 12.4. The smallest absolute Gasteiger partial charge is 0.271 e. The van der Waals surface area contributed by atoms with E-state index in [2.05, 4.69) is 30.2 Å². The van der Waals surface area contributed by atoms with Crippen molar-refractivity contribution in [2.75, 3.05) is 30.3 Å². The van der Waals surface area contributed by atoms with Gasteiger partial charge in [0, 0.05) is 37.3 Å². The Labute approximate surface area is 162 Å². The zero-order valence-corrected chi connectivity index (χ0v) is 15.7. The van der Waals surface area contributed by atoms with Crippen LogP contribution in [0.2, 0.25) is 0 Å². The molecule has 4 atom stereocenters. The van der Waals surface area contributed by atoms with Crippen LogP contribution < -0.4 is 16.0 Å². The highest BCUT2D eigenvalue weighted by Gasteiger charge is 2.63. The Hall–Kier alpha value is -2.81. The number of carbonyl (C=O) groups is 1. The largest absolute Gasteiger partial charge is 0.384 e. The maximum Gasteiger partial charge on any atom is 0.271 e. The van der Waals surface area contributed by atoms with Gasteiger partial charge >= 0.3 is 0 Å². The molecule has 5 rings (SSSR count). The van der Waals surface area contributed by atoms with Crippen LogP contribution in [-0.2, 0) is 4.74 Å². The molecule has 5 heterocycles. The summed E-state index contributed by atoms with van der Waals surface area (Å²) >= 11 is 0. The van der Waals surface area contributed by atoms with Crippen molar-refractivity contribution < 1.29 is 9.53 Å². The predicted molar refractivity (Wildman–Crippen MR) is 102 cm³/mol. The SMILES string of the molecule is Cc1cnc(C(=O)NC[C@H]2[C@H]3CN(c4nccc(N)n4)C[C@]34CC[C@H]2O4)cn1. The highest BCUT2D eigenvalue weighted by molar-refractivity contribution is 5.91. The molecule has 0 saturated carbocycles. The minimum absolute atomic E-state index is 0.169. The van der Waals surface area contributed by atoms with Gasteiger partial charge in [-0.25, -0.2) is 9.97 Å². The van der Waals surface area contributed by atoms with E-state index in [0.717, 1.165) is 31.6 Å². The van der Waals surface area contributed by atoms with E-state index in [0.29, 0.717) is 29.9 Å². The molecule has 3 saturated heterocycles. The van der Waals surface area contributed by atoms with Gasteiger partial charge in [-0.1, -0.05) is 0 Å². The van der Waals surface area contributed by atoms with Crippen LogP contribution in [0.1, 0.15) is 29.0 Å². The average Bonchev–Trinajstić information content (AvgIpc) is 3.35. The van der Waals surface area contributed by atoms with Crippen LogP contribution >= 0.6 is 0 Å². The van der Waals surface area contributed by atoms with Gasteiger partial charge < -0.3 is 20.7 Å². The Morgan fingerprint density at radius 2 is 2.29 bits per heavy atom. The Morgan fingerprint density at radius 1 is 1.39 bits per heavy atom. The number of anilines is 2. The first-order valence-electron chi connectivity index (χ1n) is 9.62. The molecule has 0 aromatic carbocycles. The minimum atomic E-state index is -0.196. The molecule has 3 aliphatic heterocycles. The van der Waals surface area contributed by atoms with Gasteiger partial charge in [0.25, 0.3) is 5.91 Å². The third kappa shape index (κ3) is 2.77. The molecule has 0 aliphatic carbocycles. The Balaban J connectivity index is 1.29. The summed E-state index contributed by atoms with van der Waals surface area (Å²) in [5.41, 5.74) is 6.78. The quantitative estimate of drug-likeness (QED) is 0.789. The zero-order valence-electron chi connectivity index (χ0n) is 15.7. The first kappa shape index (κ1) is 17.3. The topological polar surface area (TPSA) is 119 Å². The lowest BCUT2D eigenvalue weighted by atomic mass is 9.73. The van der Waals surface area contributed by atoms with E-state index in [9.17, 15) is 4.79 Å². The molecule has 3 fully saturated rings. The number of fused-ring (bicyclic) bond motifs is 1. The van der Waals surface area contributed by atoms with Crippen LogP contribution in [-0.4, -0.2) is 57.2 Å². The van der Waals surface area contributed by atoms with E-state index in [1.807, 2.05) is 6.92 Å². The van der Waals surface area contributed by atoms with Crippen LogP contribution in [0.3, 0.4) is 0 Å². The molecule has 2 bridgehead atoms. The fourth-order valence-electron chi connectivity index (χ4n) is 4.94.